The van der Waals surface area contributed by atoms with E-state index < -0.39 is 10.0 Å². The van der Waals surface area contributed by atoms with Crippen molar-refractivity contribution in [2.45, 2.75) is 38.5 Å². The monoisotopic (exact) mass is 404 g/mol. The van der Waals surface area contributed by atoms with Crippen molar-refractivity contribution in [3.8, 4) is 0 Å². The number of ether oxygens (including phenoxy) is 1. The Kier molecular flexibility index (Phi) is 7.60. The summed E-state index contributed by atoms with van der Waals surface area (Å²) >= 11 is 0. The summed E-state index contributed by atoms with van der Waals surface area (Å²) in [5.74, 6) is -0.324. The molecule has 0 saturated heterocycles. The van der Waals surface area contributed by atoms with E-state index in [1.807, 2.05) is 32.0 Å². The van der Waals surface area contributed by atoms with Crippen LogP contribution in [-0.2, 0) is 27.6 Å². The SMILES string of the molecule is CCc1cccc(CC)c1NS(=O)(=O)c1ccc(C)c(C(=O)NCCOC)c1. The number of hydrogen-bond donors (Lipinski definition) is 2. The molecule has 0 aromatic heterocycles. The second-order valence-electron chi connectivity index (χ2n) is 6.49. The number of aryl methyl sites for hydroxylation is 3. The first-order chi connectivity index (χ1) is 13.3. The summed E-state index contributed by atoms with van der Waals surface area (Å²) in [6, 6.07) is 10.3. The minimum absolute atomic E-state index is 0.0583. The molecule has 2 aromatic carbocycles. The maximum atomic E-state index is 13.0. The predicted octanol–water partition coefficient (Wildman–Crippen LogP) is 3.30. The summed E-state index contributed by atoms with van der Waals surface area (Å²) in [5, 5.41) is 2.73. The molecule has 0 aliphatic rings. The van der Waals surface area contributed by atoms with E-state index >= 15 is 0 Å². The van der Waals surface area contributed by atoms with Crippen molar-refractivity contribution in [2.75, 3.05) is 25.0 Å². The highest BCUT2D eigenvalue weighted by atomic mass is 32.2. The van der Waals surface area contributed by atoms with Crippen LogP contribution >= 0.6 is 0 Å². The molecule has 0 unspecified atom stereocenters. The number of anilines is 1. The molecule has 6 nitrogen and oxygen atoms in total. The quantitative estimate of drug-likeness (QED) is 0.628. The molecule has 7 heteroatoms. The van der Waals surface area contributed by atoms with Gasteiger partial charge in [0.1, 0.15) is 0 Å². The van der Waals surface area contributed by atoms with Gasteiger partial charge in [-0.25, -0.2) is 8.42 Å². The predicted molar refractivity (Wildman–Crippen MR) is 111 cm³/mol. The van der Waals surface area contributed by atoms with Crippen LogP contribution in [0.5, 0.6) is 0 Å². The number of para-hydroxylation sites is 1. The molecule has 1 amide bonds. The first-order valence-corrected chi connectivity index (χ1v) is 10.8. The molecule has 2 rings (SSSR count). The molecule has 2 N–H and O–H groups in total. The number of carbonyl (C=O) groups excluding carboxylic acids is 1. The topological polar surface area (TPSA) is 84.5 Å². The number of nitrogens with one attached hydrogen (secondary N) is 2. The van der Waals surface area contributed by atoms with Crippen LogP contribution in [0.25, 0.3) is 0 Å². The number of rotatable bonds is 9. The van der Waals surface area contributed by atoms with Crippen molar-refractivity contribution < 1.29 is 17.9 Å². The summed E-state index contributed by atoms with van der Waals surface area (Å²) in [4.78, 5) is 12.5. The Morgan fingerprint density at radius 1 is 1.07 bits per heavy atom. The maximum Gasteiger partial charge on any atom is 0.261 e. The van der Waals surface area contributed by atoms with E-state index in [9.17, 15) is 13.2 Å². The third-order valence-corrected chi connectivity index (χ3v) is 5.94. The van der Waals surface area contributed by atoms with Crippen LogP contribution < -0.4 is 10.0 Å². The zero-order valence-corrected chi connectivity index (χ0v) is 17.7. The Bertz CT molecular complexity index is 917. The van der Waals surface area contributed by atoms with Gasteiger partial charge >= 0.3 is 0 Å². The number of sulfonamides is 1. The van der Waals surface area contributed by atoms with Gasteiger partial charge < -0.3 is 10.1 Å². The van der Waals surface area contributed by atoms with Crippen LogP contribution in [-0.4, -0.2) is 34.6 Å². The molecule has 0 heterocycles. The van der Waals surface area contributed by atoms with Crippen molar-refractivity contribution in [2.24, 2.45) is 0 Å². The van der Waals surface area contributed by atoms with Crippen LogP contribution in [0, 0.1) is 6.92 Å². The summed E-state index contributed by atoms with van der Waals surface area (Å²) < 4.78 is 33.7. The highest BCUT2D eigenvalue weighted by Crippen LogP contribution is 2.26. The molecule has 0 aliphatic carbocycles. The van der Waals surface area contributed by atoms with Gasteiger partial charge in [-0.05, 0) is 48.6 Å². The average molecular weight is 405 g/mol. The summed E-state index contributed by atoms with van der Waals surface area (Å²) in [7, 11) is -2.28. The third-order valence-electron chi connectivity index (χ3n) is 4.59. The maximum absolute atomic E-state index is 13.0. The molecule has 0 atom stereocenters. The van der Waals surface area contributed by atoms with Gasteiger partial charge in [0.15, 0.2) is 0 Å². The van der Waals surface area contributed by atoms with Crippen LogP contribution in [0.4, 0.5) is 5.69 Å². The van der Waals surface area contributed by atoms with Crippen LogP contribution in [0.2, 0.25) is 0 Å². The number of carbonyl (C=O) groups is 1. The first kappa shape index (κ1) is 21.9. The highest BCUT2D eigenvalue weighted by Gasteiger charge is 2.20. The van der Waals surface area contributed by atoms with Crippen LogP contribution in [0.1, 0.15) is 40.9 Å². The summed E-state index contributed by atoms with van der Waals surface area (Å²) in [5.41, 5.74) is 3.54. The van der Waals surface area contributed by atoms with E-state index in [4.69, 9.17) is 4.74 Å². The lowest BCUT2D eigenvalue weighted by atomic mass is 10.0. The number of methoxy groups -OCH3 is 1. The zero-order valence-electron chi connectivity index (χ0n) is 16.8. The first-order valence-electron chi connectivity index (χ1n) is 9.35. The van der Waals surface area contributed by atoms with E-state index in [0.29, 0.717) is 42.8 Å². The zero-order chi connectivity index (χ0) is 20.7. The van der Waals surface area contributed by atoms with Gasteiger partial charge in [-0.3, -0.25) is 9.52 Å². The van der Waals surface area contributed by atoms with E-state index in [0.717, 1.165) is 11.1 Å². The van der Waals surface area contributed by atoms with Crippen LogP contribution in [0.15, 0.2) is 41.3 Å². The minimum atomic E-state index is -3.83. The smallest absolute Gasteiger partial charge is 0.261 e. The van der Waals surface area contributed by atoms with E-state index in [1.54, 1.807) is 20.1 Å². The van der Waals surface area contributed by atoms with Gasteiger partial charge in [0.05, 0.1) is 17.2 Å². The molecule has 0 aliphatic heterocycles. The lowest BCUT2D eigenvalue weighted by Crippen LogP contribution is -2.28. The van der Waals surface area contributed by atoms with Crippen molar-refractivity contribution in [3.63, 3.8) is 0 Å². The Morgan fingerprint density at radius 3 is 2.29 bits per heavy atom. The van der Waals surface area contributed by atoms with Gasteiger partial charge in [0.2, 0.25) is 0 Å². The van der Waals surface area contributed by atoms with E-state index in [1.165, 1.54) is 12.1 Å². The van der Waals surface area contributed by atoms with Crippen LogP contribution in [0.3, 0.4) is 0 Å². The van der Waals surface area contributed by atoms with Crippen molar-refractivity contribution in [1.82, 2.24) is 5.32 Å². The summed E-state index contributed by atoms with van der Waals surface area (Å²) in [6.45, 7) is 6.49. The molecule has 2 aromatic rings. The fourth-order valence-electron chi connectivity index (χ4n) is 2.94. The largest absolute Gasteiger partial charge is 0.383 e. The number of benzene rings is 2. The Morgan fingerprint density at radius 2 is 1.71 bits per heavy atom. The highest BCUT2D eigenvalue weighted by molar-refractivity contribution is 7.92. The van der Waals surface area contributed by atoms with Gasteiger partial charge in [-0.1, -0.05) is 38.1 Å². The molecule has 28 heavy (non-hydrogen) atoms. The lowest BCUT2D eigenvalue weighted by Gasteiger charge is -2.16. The standard InChI is InChI=1S/C21H28N2O4S/c1-5-16-8-7-9-17(6-2)20(16)23-28(25,26)18-11-10-15(3)19(14-18)21(24)22-12-13-27-4/h7-11,14,23H,5-6,12-13H2,1-4H3,(H,22,24). The lowest BCUT2D eigenvalue weighted by molar-refractivity contribution is 0.0936. The average Bonchev–Trinajstić information content (AvgIpc) is 2.68. The van der Waals surface area contributed by atoms with Gasteiger partial charge in [-0.2, -0.15) is 0 Å². The van der Waals surface area contributed by atoms with Crippen molar-refractivity contribution in [1.29, 1.82) is 0 Å². The van der Waals surface area contributed by atoms with E-state index in [2.05, 4.69) is 10.0 Å². The molecule has 0 radical (unpaired) electrons. The fourth-order valence-corrected chi connectivity index (χ4v) is 4.11. The Balaban J connectivity index is 2.37. The molecule has 0 fully saturated rings. The van der Waals surface area contributed by atoms with Crippen molar-refractivity contribution >= 4 is 21.6 Å². The molecular formula is C21H28N2O4S. The van der Waals surface area contributed by atoms with Gasteiger partial charge in [0, 0.05) is 19.2 Å². The molecular weight excluding hydrogens is 376 g/mol. The minimum Gasteiger partial charge on any atom is -0.383 e. The normalized spacial score (nSPS) is 11.3. The third kappa shape index (κ3) is 5.11. The molecule has 152 valence electrons. The molecule has 0 spiro atoms. The fraction of sp³-hybridized carbons (Fsp3) is 0.381. The molecule has 0 bridgehead atoms. The Labute approximate surface area is 167 Å². The summed E-state index contributed by atoms with van der Waals surface area (Å²) in [6.07, 6.45) is 1.43. The molecule has 0 saturated carbocycles. The van der Waals surface area contributed by atoms with Crippen molar-refractivity contribution in [3.05, 3.63) is 58.7 Å². The second-order valence-corrected chi connectivity index (χ2v) is 8.17. The number of hydrogen-bond acceptors (Lipinski definition) is 4. The van der Waals surface area contributed by atoms with Gasteiger partial charge in [0.25, 0.3) is 15.9 Å². The van der Waals surface area contributed by atoms with Gasteiger partial charge in [-0.15, -0.1) is 0 Å². The Hall–Kier alpha value is -2.38. The van der Waals surface area contributed by atoms with E-state index in [-0.39, 0.29) is 10.8 Å². The number of amides is 1. The second kappa shape index (κ2) is 9.71.